The molecule has 0 atom stereocenters. The van der Waals surface area contributed by atoms with Crippen LogP contribution in [-0.4, -0.2) is 18.5 Å². The molecule has 0 aliphatic carbocycles. The van der Waals surface area contributed by atoms with Gasteiger partial charge in [0.1, 0.15) is 0 Å². The van der Waals surface area contributed by atoms with E-state index in [1.807, 2.05) is 30.3 Å². The number of ether oxygens (including phenoxy) is 1. The Morgan fingerprint density at radius 3 is 2.20 bits per heavy atom. The summed E-state index contributed by atoms with van der Waals surface area (Å²) >= 11 is 0. The summed E-state index contributed by atoms with van der Waals surface area (Å²) in [5.41, 5.74) is 0.366. The van der Waals surface area contributed by atoms with Gasteiger partial charge in [-0.1, -0.05) is 30.3 Å². The first-order chi connectivity index (χ1) is 11.8. The molecule has 0 heterocycles. The lowest BCUT2D eigenvalue weighted by molar-refractivity contribution is -0.147. The van der Waals surface area contributed by atoms with Crippen LogP contribution in [0.25, 0.3) is 0 Å². The van der Waals surface area contributed by atoms with Crippen LogP contribution in [0.4, 0.5) is 18.9 Å². The highest BCUT2D eigenvalue weighted by Gasteiger charge is 2.29. The molecule has 0 aliphatic heterocycles. The van der Waals surface area contributed by atoms with E-state index in [9.17, 15) is 22.8 Å². The average molecular weight is 351 g/mol. The molecule has 2 aromatic carbocycles. The van der Waals surface area contributed by atoms with Crippen molar-refractivity contribution >= 4 is 17.6 Å². The van der Waals surface area contributed by atoms with Gasteiger partial charge in [-0.05, 0) is 36.2 Å². The van der Waals surface area contributed by atoms with Gasteiger partial charge in [0.2, 0.25) is 0 Å². The predicted octanol–water partition coefficient (Wildman–Crippen LogP) is 3.82. The van der Waals surface area contributed by atoms with Gasteiger partial charge in [0.15, 0.2) is 6.61 Å². The first-order valence-corrected chi connectivity index (χ1v) is 7.51. The van der Waals surface area contributed by atoms with Gasteiger partial charge in [0.25, 0.3) is 5.91 Å². The minimum atomic E-state index is -4.43. The van der Waals surface area contributed by atoms with Crippen molar-refractivity contribution < 1.29 is 27.5 Å². The van der Waals surface area contributed by atoms with Gasteiger partial charge in [0.05, 0.1) is 5.56 Å². The van der Waals surface area contributed by atoms with Gasteiger partial charge in [-0.15, -0.1) is 0 Å². The molecule has 1 amide bonds. The van der Waals surface area contributed by atoms with E-state index in [-0.39, 0.29) is 12.1 Å². The minimum Gasteiger partial charge on any atom is -0.456 e. The van der Waals surface area contributed by atoms with Gasteiger partial charge < -0.3 is 10.1 Å². The predicted molar refractivity (Wildman–Crippen MR) is 85.8 cm³/mol. The van der Waals surface area contributed by atoms with Gasteiger partial charge in [0, 0.05) is 12.1 Å². The van der Waals surface area contributed by atoms with Crippen molar-refractivity contribution in [2.24, 2.45) is 0 Å². The number of esters is 1. The fourth-order valence-electron chi connectivity index (χ4n) is 2.05. The third kappa shape index (κ3) is 6.29. The Hall–Kier alpha value is -2.83. The smallest absolute Gasteiger partial charge is 0.416 e. The van der Waals surface area contributed by atoms with Crippen LogP contribution in [0.1, 0.15) is 17.5 Å². The van der Waals surface area contributed by atoms with E-state index in [0.29, 0.717) is 6.42 Å². The molecule has 0 radical (unpaired) electrons. The summed E-state index contributed by atoms with van der Waals surface area (Å²) in [7, 11) is 0. The quantitative estimate of drug-likeness (QED) is 0.805. The van der Waals surface area contributed by atoms with Crippen molar-refractivity contribution in [3.05, 3.63) is 65.7 Å². The van der Waals surface area contributed by atoms with Crippen LogP contribution in [0.2, 0.25) is 0 Å². The molecular formula is C18H16F3NO3. The Labute approximate surface area is 142 Å². The first-order valence-electron chi connectivity index (χ1n) is 7.51. The van der Waals surface area contributed by atoms with Crippen LogP contribution >= 0.6 is 0 Å². The molecule has 0 bridgehead atoms. The Morgan fingerprint density at radius 1 is 0.960 bits per heavy atom. The third-order valence-corrected chi connectivity index (χ3v) is 3.32. The van der Waals surface area contributed by atoms with E-state index in [1.165, 1.54) is 0 Å². The van der Waals surface area contributed by atoms with Crippen molar-refractivity contribution in [2.75, 3.05) is 11.9 Å². The van der Waals surface area contributed by atoms with E-state index < -0.39 is 30.2 Å². The number of carbonyl (C=O) groups excluding carboxylic acids is 2. The van der Waals surface area contributed by atoms with Crippen molar-refractivity contribution in [1.29, 1.82) is 0 Å². The average Bonchev–Trinajstić information content (AvgIpc) is 2.59. The number of benzene rings is 2. The number of amides is 1. The topological polar surface area (TPSA) is 55.4 Å². The zero-order chi connectivity index (χ0) is 18.3. The maximum atomic E-state index is 12.4. The van der Waals surface area contributed by atoms with E-state index in [1.54, 1.807) is 0 Å². The maximum absolute atomic E-state index is 12.4. The fraction of sp³-hybridized carbons (Fsp3) is 0.222. The molecule has 0 saturated heterocycles. The highest BCUT2D eigenvalue weighted by Crippen LogP contribution is 2.29. The highest BCUT2D eigenvalue weighted by atomic mass is 19.4. The lowest BCUT2D eigenvalue weighted by Gasteiger charge is -2.09. The summed E-state index contributed by atoms with van der Waals surface area (Å²) in [5, 5.41) is 2.37. The number of hydrogen-bond acceptors (Lipinski definition) is 3. The molecule has 0 fully saturated rings. The van der Waals surface area contributed by atoms with Gasteiger partial charge >= 0.3 is 12.1 Å². The normalized spacial score (nSPS) is 11.0. The van der Waals surface area contributed by atoms with Crippen LogP contribution < -0.4 is 5.32 Å². The van der Waals surface area contributed by atoms with Crippen LogP contribution in [0.5, 0.6) is 0 Å². The maximum Gasteiger partial charge on any atom is 0.416 e. The molecule has 0 unspecified atom stereocenters. The summed E-state index contributed by atoms with van der Waals surface area (Å²) < 4.78 is 42.2. The Morgan fingerprint density at radius 2 is 1.60 bits per heavy atom. The van der Waals surface area contributed by atoms with E-state index in [4.69, 9.17) is 4.74 Å². The molecule has 2 rings (SSSR count). The van der Waals surface area contributed by atoms with E-state index in [2.05, 4.69) is 5.32 Å². The second-order valence-corrected chi connectivity index (χ2v) is 5.27. The second-order valence-electron chi connectivity index (χ2n) is 5.27. The van der Waals surface area contributed by atoms with Gasteiger partial charge in [-0.2, -0.15) is 13.2 Å². The van der Waals surface area contributed by atoms with Gasteiger partial charge in [-0.3, -0.25) is 9.59 Å². The number of alkyl halides is 3. The number of rotatable bonds is 6. The molecule has 4 nitrogen and oxygen atoms in total. The number of halogens is 3. The molecule has 132 valence electrons. The fourth-order valence-corrected chi connectivity index (χ4v) is 2.05. The Balaban J connectivity index is 1.74. The lowest BCUT2D eigenvalue weighted by atomic mass is 10.1. The van der Waals surface area contributed by atoms with Crippen molar-refractivity contribution in [1.82, 2.24) is 0 Å². The lowest BCUT2D eigenvalue weighted by Crippen LogP contribution is -2.21. The summed E-state index contributed by atoms with van der Waals surface area (Å²) in [6, 6.07) is 13.3. The first kappa shape index (κ1) is 18.5. The molecule has 0 saturated carbocycles. The monoisotopic (exact) mass is 351 g/mol. The zero-order valence-electron chi connectivity index (χ0n) is 13.2. The number of nitrogens with one attached hydrogen (secondary N) is 1. The SMILES string of the molecule is O=C(COC(=O)CCc1ccccc1)Nc1ccc(C(F)(F)F)cc1. The summed E-state index contributed by atoms with van der Waals surface area (Å²) in [4.78, 5) is 23.3. The minimum absolute atomic E-state index is 0.136. The largest absolute Gasteiger partial charge is 0.456 e. The molecule has 2 aromatic rings. The molecule has 7 heteroatoms. The Kier molecular flexibility index (Phi) is 6.16. The number of hydrogen-bond donors (Lipinski definition) is 1. The molecule has 0 spiro atoms. The Bertz CT molecular complexity index is 713. The summed E-state index contributed by atoms with van der Waals surface area (Å²) in [5.74, 6) is -1.14. The molecule has 0 aromatic heterocycles. The van der Waals surface area contributed by atoms with Crippen molar-refractivity contribution in [3.8, 4) is 0 Å². The molecule has 0 aliphatic rings. The molecule has 25 heavy (non-hydrogen) atoms. The summed E-state index contributed by atoms with van der Waals surface area (Å²) in [6.07, 6.45) is -3.80. The van der Waals surface area contributed by atoms with E-state index in [0.717, 1.165) is 29.8 Å². The zero-order valence-corrected chi connectivity index (χ0v) is 13.2. The number of anilines is 1. The van der Waals surface area contributed by atoms with Crippen LogP contribution in [0, 0.1) is 0 Å². The number of carbonyl (C=O) groups is 2. The van der Waals surface area contributed by atoms with Crippen LogP contribution in [0.15, 0.2) is 54.6 Å². The third-order valence-electron chi connectivity index (χ3n) is 3.32. The molecule has 1 N–H and O–H groups in total. The standard InChI is InChI=1S/C18H16F3NO3/c19-18(20,21)14-7-9-15(10-8-14)22-16(23)12-25-17(24)11-6-13-4-2-1-3-5-13/h1-5,7-10H,6,11-12H2,(H,22,23). The second kappa shape index (κ2) is 8.32. The molecular weight excluding hydrogens is 335 g/mol. The summed E-state index contributed by atoms with van der Waals surface area (Å²) in [6.45, 7) is -0.491. The van der Waals surface area contributed by atoms with E-state index >= 15 is 0 Å². The van der Waals surface area contributed by atoms with Crippen LogP contribution in [-0.2, 0) is 26.9 Å². The highest BCUT2D eigenvalue weighted by molar-refractivity contribution is 5.92. The van der Waals surface area contributed by atoms with Crippen molar-refractivity contribution in [3.63, 3.8) is 0 Å². The van der Waals surface area contributed by atoms with Crippen molar-refractivity contribution in [2.45, 2.75) is 19.0 Å². The van der Waals surface area contributed by atoms with Crippen LogP contribution in [0.3, 0.4) is 0 Å². The number of aryl methyl sites for hydroxylation is 1. The van der Waals surface area contributed by atoms with Gasteiger partial charge in [-0.25, -0.2) is 0 Å².